The highest BCUT2D eigenvalue weighted by Gasteiger charge is 2.25. The molecule has 2 aromatic carbocycles. The van der Waals surface area contributed by atoms with Crippen LogP contribution >= 0.6 is 11.3 Å². The minimum absolute atomic E-state index is 0.0792. The summed E-state index contributed by atoms with van der Waals surface area (Å²) in [6.45, 7) is 3.14. The van der Waals surface area contributed by atoms with Gasteiger partial charge >= 0.3 is 0 Å². The number of piperidine rings is 1. The Hall–Kier alpha value is -2.74. The smallest absolute Gasteiger partial charge is 0.274 e. The van der Waals surface area contributed by atoms with E-state index in [2.05, 4.69) is 4.98 Å². The lowest BCUT2D eigenvalue weighted by Crippen LogP contribution is -2.42. The van der Waals surface area contributed by atoms with Crippen LogP contribution in [-0.4, -0.2) is 42.1 Å². The molecule has 0 radical (unpaired) electrons. The van der Waals surface area contributed by atoms with Gasteiger partial charge in [0.1, 0.15) is 23.2 Å². The van der Waals surface area contributed by atoms with Crippen LogP contribution in [0.3, 0.4) is 0 Å². The van der Waals surface area contributed by atoms with Crippen molar-refractivity contribution < 1.29 is 23.0 Å². The van der Waals surface area contributed by atoms with Crippen molar-refractivity contribution >= 4 is 27.5 Å². The Labute approximate surface area is 177 Å². The highest BCUT2D eigenvalue weighted by atomic mass is 32.1. The zero-order valence-electron chi connectivity index (χ0n) is 16.8. The van der Waals surface area contributed by atoms with Crippen LogP contribution in [0, 0.1) is 18.6 Å². The van der Waals surface area contributed by atoms with Crippen LogP contribution in [0.5, 0.6) is 10.9 Å². The number of aryl methyl sites for hydroxylation is 1. The molecule has 1 saturated heterocycles. The van der Waals surface area contributed by atoms with Gasteiger partial charge in [-0.05, 0) is 30.2 Å². The molecule has 0 unspecified atom stereocenters. The van der Waals surface area contributed by atoms with E-state index in [1.807, 2.05) is 30.0 Å². The molecule has 0 atom stereocenters. The number of nitrogens with zero attached hydrogens (tertiary/aromatic N) is 2. The van der Waals surface area contributed by atoms with Crippen molar-refractivity contribution in [3.63, 3.8) is 0 Å². The standard InChI is InChI=1S/C22H22F2N2O3S/c1-13-9-14(3-4-18(13)28-2)10-20(27)26-7-5-16(6-8-26)29-22-25-21-17(24)11-15(23)12-19(21)30-22/h3-4,9,11-12,16H,5-8,10H2,1-2H3. The second-order valence-corrected chi connectivity index (χ2v) is 8.39. The molecule has 5 nitrogen and oxygen atoms in total. The van der Waals surface area contributed by atoms with Crippen molar-refractivity contribution in [2.45, 2.75) is 32.3 Å². The molecule has 1 fully saturated rings. The molecule has 2 heterocycles. The van der Waals surface area contributed by atoms with Crippen LogP contribution in [0.1, 0.15) is 24.0 Å². The van der Waals surface area contributed by atoms with Gasteiger partial charge in [0.15, 0.2) is 5.82 Å². The molecule has 30 heavy (non-hydrogen) atoms. The van der Waals surface area contributed by atoms with Crippen LogP contribution < -0.4 is 9.47 Å². The van der Waals surface area contributed by atoms with E-state index < -0.39 is 11.6 Å². The lowest BCUT2D eigenvalue weighted by molar-refractivity contribution is -0.132. The maximum absolute atomic E-state index is 13.8. The molecule has 1 amide bonds. The summed E-state index contributed by atoms with van der Waals surface area (Å²) in [4.78, 5) is 18.6. The second kappa shape index (κ2) is 8.55. The maximum Gasteiger partial charge on any atom is 0.274 e. The Morgan fingerprint density at radius 3 is 2.70 bits per heavy atom. The predicted molar refractivity (Wildman–Crippen MR) is 111 cm³/mol. The molecular weight excluding hydrogens is 410 g/mol. The molecule has 4 rings (SSSR count). The fourth-order valence-corrected chi connectivity index (χ4v) is 4.61. The number of methoxy groups -OCH3 is 1. The first-order valence-electron chi connectivity index (χ1n) is 9.76. The lowest BCUT2D eigenvalue weighted by atomic mass is 10.0. The third-order valence-corrected chi connectivity index (χ3v) is 6.16. The Balaban J connectivity index is 1.33. The number of rotatable bonds is 5. The number of carbonyl (C=O) groups excluding carboxylic acids is 1. The van der Waals surface area contributed by atoms with Gasteiger partial charge in [-0.2, -0.15) is 4.98 Å². The number of benzene rings is 2. The summed E-state index contributed by atoms with van der Waals surface area (Å²) in [5.41, 5.74) is 2.08. The van der Waals surface area contributed by atoms with Gasteiger partial charge in [-0.25, -0.2) is 8.78 Å². The number of fused-ring (bicyclic) bond motifs is 1. The quantitative estimate of drug-likeness (QED) is 0.596. The first kappa shape index (κ1) is 20.5. The van der Waals surface area contributed by atoms with Gasteiger partial charge in [0.25, 0.3) is 5.19 Å². The van der Waals surface area contributed by atoms with E-state index in [9.17, 15) is 13.6 Å². The average Bonchev–Trinajstić information content (AvgIpc) is 3.11. The number of carbonyl (C=O) groups is 1. The van der Waals surface area contributed by atoms with Crippen LogP contribution in [0.4, 0.5) is 8.78 Å². The molecule has 1 aromatic heterocycles. The molecule has 1 aliphatic heterocycles. The fraction of sp³-hybridized carbons (Fsp3) is 0.364. The largest absolute Gasteiger partial charge is 0.496 e. The average molecular weight is 432 g/mol. The van der Waals surface area contributed by atoms with E-state index in [4.69, 9.17) is 9.47 Å². The lowest BCUT2D eigenvalue weighted by Gasteiger charge is -2.31. The Kier molecular flexibility index (Phi) is 5.85. The highest BCUT2D eigenvalue weighted by molar-refractivity contribution is 7.20. The molecule has 0 bridgehead atoms. The summed E-state index contributed by atoms with van der Waals surface area (Å²) in [5, 5.41) is 0.327. The summed E-state index contributed by atoms with van der Waals surface area (Å²) < 4.78 is 38.7. The van der Waals surface area contributed by atoms with E-state index in [1.165, 1.54) is 6.07 Å². The molecule has 3 aromatic rings. The summed E-state index contributed by atoms with van der Waals surface area (Å²) in [6.07, 6.45) is 1.57. The van der Waals surface area contributed by atoms with Gasteiger partial charge in [0.2, 0.25) is 5.91 Å². The predicted octanol–water partition coefficient (Wildman–Crippen LogP) is 4.50. The maximum atomic E-state index is 13.8. The third-order valence-electron chi connectivity index (χ3n) is 5.27. The van der Waals surface area contributed by atoms with Crippen LogP contribution in [-0.2, 0) is 11.2 Å². The summed E-state index contributed by atoms with van der Waals surface area (Å²) in [6, 6.07) is 7.84. The number of ether oxygens (including phenoxy) is 2. The van der Waals surface area contributed by atoms with Gasteiger partial charge in [-0.3, -0.25) is 4.79 Å². The van der Waals surface area contributed by atoms with E-state index >= 15 is 0 Å². The third kappa shape index (κ3) is 4.38. The van der Waals surface area contributed by atoms with Crippen molar-refractivity contribution in [1.82, 2.24) is 9.88 Å². The van der Waals surface area contributed by atoms with Crippen LogP contribution in [0.25, 0.3) is 10.2 Å². The SMILES string of the molecule is COc1ccc(CC(=O)N2CCC(Oc3nc4c(F)cc(F)cc4s3)CC2)cc1C. The van der Waals surface area contributed by atoms with Crippen molar-refractivity contribution in [2.75, 3.05) is 20.2 Å². The Morgan fingerprint density at radius 2 is 2.00 bits per heavy atom. The summed E-state index contributed by atoms with van der Waals surface area (Å²) >= 11 is 1.13. The number of likely N-dealkylation sites (tertiary alicyclic amines) is 1. The fourth-order valence-electron chi connectivity index (χ4n) is 3.69. The van der Waals surface area contributed by atoms with E-state index in [1.54, 1.807) is 7.11 Å². The number of aromatic nitrogens is 1. The summed E-state index contributed by atoms with van der Waals surface area (Å²) in [7, 11) is 1.63. The normalized spacial score (nSPS) is 14.9. The number of hydrogen-bond acceptors (Lipinski definition) is 5. The number of halogens is 2. The highest BCUT2D eigenvalue weighted by Crippen LogP contribution is 2.32. The van der Waals surface area contributed by atoms with Gasteiger partial charge < -0.3 is 14.4 Å². The molecule has 0 aliphatic carbocycles. The molecule has 1 aliphatic rings. The second-order valence-electron chi connectivity index (χ2n) is 7.39. The molecule has 0 spiro atoms. The van der Waals surface area contributed by atoms with Crippen LogP contribution in [0.2, 0.25) is 0 Å². The van der Waals surface area contributed by atoms with Crippen molar-refractivity contribution in [2.24, 2.45) is 0 Å². The molecular formula is C22H22F2N2O3S. The zero-order valence-corrected chi connectivity index (χ0v) is 17.6. The van der Waals surface area contributed by atoms with Gasteiger partial charge in [0.05, 0.1) is 18.2 Å². The van der Waals surface area contributed by atoms with Crippen molar-refractivity contribution in [1.29, 1.82) is 0 Å². The molecule has 0 saturated carbocycles. The Morgan fingerprint density at radius 1 is 1.23 bits per heavy atom. The number of thiazole rings is 1. The Bertz CT molecular complexity index is 1080. The van der Waals surface area contributed by atoms with Crippen LogP contribution in [0.15, 0.2) is 30.3 Å². The van der Waals surface area contributed by atoms with Gasteiger partial charge in [0, 0.05) is 32.0 Å². The monoisotopic (exact) mass is 432 g/mol. The number of hydrogen-bond donors (Lipinski definition) is 0. The van der Waals surface area contributed by atoms with Crippen molar-refractivity contribution in [3.8, 4) is 10.9 Å². The summed E-state index contributed by atoms with van der Waals surface area (Å²) in [5.74, 6) is -0.434. The molecule has 0 N–H and O–H groups in total. The van der Waals surface area contributed by atoms with E-state index in [0.29, 0.717) is 42.2 Å². The minimum atomic E-state index is -0.690. The van der Waals surface area contributed by atoms with Gasteiger partial charge in [-0.15, -0.1) is 0 Å². The van der Waals surface area contributed by atoms with Gasteiger partial charge in [-0.1, -0.05) is 23.5 Å². The molecule has 8 heteroatoms. The van der Waals surface area contributed by atoms with E-state index in [-0.39, 0.29) is 17.5 Å². The van der Waals surface area contributed by atoms with Crippen molar-refractivity contribution in [3.05, 3.63) is 53.1 Å². The first-order valence-corrected chi connectivity index (χ1v) is 10.6. The first-order chi connectivity index (χ1) is 14.4. The molecule has 158 valence electrons. The number of amides is 1. The topological polar surface area (TPSA) is 51.7 Å². The van der Waals surface area contributed by atoms with E-state index in [0.717, 1.165) is 34.3 Å². The minimum Gasteiger partial charge on any atom is -0.496 e. The zero-order chi connectivity index (χ0) is 21.3.